The van der Waals surface area contributed by atoms with Gasteiger partial charge in [-0.2, -0.15) is 0 Å². The maximum Gasteiger partial charge on any atom is 0.253 e. The molecule has 0 saturated heterocycles. The van der Waals surface area contributed by atoms with Gasteiger partial charge in [0.1, 0.15) is 17.5 Å². The molecule has 178 valence electrons. The summed E-state index contributed by atoms with van der Waals surface area (Å²) in [5.41, 5.74) is 0.532. The number of carbonyl (C=O) groups is 1. The summed E-state index contributed by atoms with van der Waals surface area (Å²) in [6, 6.07) is 19.9. The third-order valence-electron chi connectivity index (χ3n) is 5.80. The summed E-state index contributed by atoms with van der Waals surface area (Å²) in [4.78, 5) is 42.0. The third-order valence-corrected chi connectivity index (χ3v) is 6.05. The molecule has 0 radical (unpaired) electrons. The molecule has 4 aromatic rings. The molecule has 1 aromatic heterocycles. The summed E-state index contributed by atoms with van der Waals surface area (Å²) in [7, 11) is 0. The Morgan fingerprint density at radius 2 is 1.63 bits per heavy atom. The van der Waals surface area contributed by atoms with Gasteiger partial charge >= 0.3 is 0 Å². The summed E-state index contributed by atoms with van der Waals surface area (Å²) in [6.45, 7) is 3.97. The number of halogens is 1. The molecular weight excluding hydrogens is 464 g/mol. The zero-order valence-corrected chi connectivity index (χ0v) is 20.1. The molecule has 3 aromatic carbocycles. The van der Waals surface area contributed by atoms with E-state index in [9.17, 15) is 14.4 Å². The molecule has 0 aliphatic rings. The van der Waals surface area contributed by atoms with Crippen LogP contribution in [0.25, 0.3) is 0 Å². The minimum Gasteiger partial charge on any atom is -0.360 e. The zero-order valence-electron chi connectivity index (χ0n) is 19.3. The highest BCUT2D eigenvalue weighted by atomic mass is 35.5. The normalized spacial score (nSPS) is 12.2. The minimum absolute atomic E-state index is 0.126. The summed E-state index contributed by atoms with van der Waals surface area (Å²) in [6.07, 6.45) is 3.09. The molecule has 1 heterocycles. The molecule has 1 unspecified atom stereocenters. The smallest absolute Gasteiger partial charge is 0.253 e. The predicted molar refractivity (Wildman–Crippen MR) is 139 cm³/mol. The largest absolute Gasteiger partial charge is 0.360 e. The van der Waals surface area contributed by atoms with Crippen molar-refractivity contribution >= 4 is 34.6 Å². The quantitative estimate of drug-likeness (QED) is 0.237. The first-order valence-electron chi connectivity index (χ1n) is 11.1. The van der Waals surface area contributed by atoms with Crippen molar-refractivity contribution in [3.05, 3.63) is 116 Å². The van der Waals surface area contributed by atoms with E-state index in [2.05, 4.69) is 20.9 Å². The Bertz CT molecular complexity index is 1380. The van der Waals surface area contributed by atoms with Crippen LogP contribution in [0.3, 0.4) is 0 Å². The van der Waals surface area contributed by atoms with Gasteiger partial charge in [0.2, 0.25) is 0 Å². The van der Waals surface area contributed by atoms with E-state index in [4.69, 9.17) is 11.6 Å². The van der Waals surface area contributed by atoms with Gasteiger partial charge in [-0.15, -0.1) is 0 Å². The number of benzene rings is 2. The van der Waals surface area contributed by atoms with Crippen molar-refractivity contribution < 1.29 is 4.79 Å². The highest BCUT2D eigenvalue weighted by Gasteiger charge is 2.34. The van der Waals surface area contributed by atoms with Gasteiger partial charge in [-0.05, 0) is 48.4 Å². The second kappa shape index (κ2) is 10.1. The molecule has 0 aliphatic heterocycles. The van der Waals surface area contributed by atoms with Crippen molar-refractivity contribution in [2.45, 2.75) is 26.4 Å². The molecule has 4 rings (SSSR count). The number of anilines is 3. The molecule has 0 spiro atoms. The lowest BCUT2D eigenvalue weighted by Gasteiger charge is -2.37. The van der Waals surface area contributed by atoms with Crippen LogP contribution in [0.1, 0.15) is 29.8 Å². The molecule has 3 N–H and O–H groups in total. The molecule has 8 heteroatoms. The van der Waals surface area contributed by atoms with Gasteiger partial charge in [0.15, 0.2) is 0 Å². The van der Waals surface area contributed by atoms with Crippen LogP contribution in [0.4, 0.5) is 17.1 Å². The highest BCUT2D eigenvalue weighted by Crippen LogP contribution is 2.30. The number of carbonyl (C=O) groups excluding carboxylic acids is 1. The maximum absolute atomic E-state index is 13.1. The summed E-state index contributed by atoms with van der Waals surface area (Å²) in [5.74, 6) is -0.333. The van der Waals surface area contributed by atoms with Gasteiger partial charge in [0.25, 0.3) is 16.8 Å². The molecule has 1 amide bonds. The molecule has 0 aliphatic carbocycles. The van der Waals surface area contributed by atoms with E-state index in [0.717, 1.165) is 5.56 Å². The standard InChI is InChI=1S/C27H25ClN4O3/c1-27(2,15-17-7-4-3-5-8-17)26(32-25(35)18-10-12-19(28)13-11-18)31-22-21(23(33)24(22)34)30-20-9-6-14-29-16-20/h3-14,16,26,30-31H,15H2,1-2H3,(H,32,35). The lowest BCUT2D eigenvalue weighted by molar-refractivity contribution is 0.0907. The van der Waals surface area contributed by atoms with Crippen molar-refractivity contribution in [3.63, 3.8) is 0 Å². The van der Waals surface area contributed by atoms with Gasteiger partial charge in [-0.3, -0.25) is 19.4 Å². The second-order valence-electron chi connectivity index (χ2n) is 8.98. The fourth-order valence-electron chi connectivity index (χ4n) is 3.84. The van der Waals surface area contributed by atoms with E-state index >= 15 is 0 Å². The van der Waals surface area contributed by atoms with Gasteiger partial charge in [-0.25, -0.2) is 0 Å². The third kappa shape index (κ3) is 5.58. The first-order chi connectivity index (χ1) is 16.7. The van der Waals surface area contributed by atoms with Crippen LogP contribution in [-0.4, -0.2) is 17.1 Å². The number of nitrogens with zero attached hydrogens (tertiary/aromatic N) is 1. The second-order valence-corrected chi connectivity index (χ2v) is 9.42. The number of amides is 1. The van der Waals surface area contributed by atoms with Crippen LogP contribution in [0.2, 0.25) is 5.02 Å². The topological polar surface area (TPSA) is 100 Å². The summed E-state index contributed by atoms with van der Waals surface area (Å²) in [5, 5.41) is 9.63. The Morgan fingerprint density at radius 3 is 2.29 bits per heavy atom. The summed E-state index contributed by atoms with van der Waals surface area (Å²) < 4.78 is 0. The Hall–Kier alpha value is -3.97. The van der Waals surface area contributed by atoms with Crippen molar-refractivity contribution in [3.8, 4) is 0 Å². The van der Waals surface area contributed by atoms with E-state index < -0.39 is 22.4 Å². The van der Waals surface area contributed by atoms with E-state index in [0.29, 0.717) is 22.7 Å². The lowest BCUT2D eigenvalue weighted by Crippen LogP contribution is -2.53. The fourth-order valence-corrected chi connectivity index (χ4v) is 3.97. The number of pyridine rings is 1. The number of nitrogens with one attached hydrogen (secondary N) is 3. The van der Waals surface area contributed by atoms with Crippen LogP contribution >= 0.6 is 11.6 Å². The molecule has 1 atom stereocenters. The number of hydrogen-bond acceptors (Lipinski definition) is 6. The Kier molecular flexibility index (Phi) is 6.98. The first-order valence-corrected chi connectivity index (χ1v) is 11.5. The Morgan fingerprint density at radius 1 is 0.943 bits per heavy atom. The van der Waals surface area contributed by atoms with Gasteiger partial charge in [-0.1, -0.05) is 55.8 Å². The zero-order chi connectivity index (χ0) is 25.0. The summed E-state index contributed by atoms with van der Waals surface area (Å²) >= 11 is 5.96. The molecule has 0 bridgehead atoms. The van der Waals surface area contributed by atoms with Crippen LogP contribution in [0.5, 0.6) is 0 Å². The molecule has 7 nitrogen and oxygen atoms in total. The van der Waals surface area contributed by atoms with E-state index in [1.807, 2.05) is 44.2 Å². The fraction of sp³-hybridized carbons (Fsp3) is 0.185. The minimum atomic E-state index is -0.677. The number of rotatable bonds is 9. The first kappa shape index (κ1) is 24.2. The highest BCUT2D eigenvalue weighted by molar-refractivity contribution is 6.30. The van der Waals surface area contributed by atoms with E-state index in [1.165, 1.54) is 0 Å². The lowest BCUT2D eigenvalue weighted by atomic mass is 9.82. The van der Waals surface area contributed by atoms with Crippen molar-refractivity contribution in [1.29, 1.82) is 0 Å². The van der Waals surface area contributed by atoms with E-state index in [1.54, 1.807) is 48.8 Å². The van der Waals surface area contributed by atoms with Crippen molar-refractivity contribution in [2.24, 2.45) is 5.41 Å². The van der Waals surface area contributed by atoms with Crippen LogP contribution in [0.15, 0.2) is 88.7 Å². The molecule has 35 heavy (non-hydrogen) atoms. The SMILES string of the molecule is CC(C)(Cc1ccccc1)C(NC(=O)c1ccc(Cl)cc1)Nc1c(Nc2cccnc2)c(=O)c1=O. The van der Waals surface area contributed by atoms with E-state index in [-0.39, 0.29) is 17.3 Å². The van der Waals surface area contributed by atoms with Crippen LogP contribution < -0.4 is 26.8 Å². The average Bonchev–Trinajstić information content (AvgIpc) is 2.86. The maximum atomic E-state index is 13.1. The van der Waals surface area contributed by atoms with Gasteiger partial charge < -0.3 is 16.0 Å². The van der Waals surface area contributed by atoms with Crippen LogP contribution in [0, 0.1) is 5.41 Å². The van der Waals surface area contributed by atoms with Gasteiger partial charge in [0, 0.05) is 22.2 Å². The predicted octanol–water partition coefficient (Wildman–Crippen LogP) is 4.51. The van der Waals surface area contributed by atoms with Gasteiger partial charge in [0.05, 0.1) is 11.9 Å². The van der Waals surface area contributed by atoms with Crippen molar-refractivity contribution in [2.75, 3.05) is 10.6 Å². The molecule has 0 saturated carbocycles. The molecule has 0 fully saturated rings. The monoisotopic (exact) mass is 488 g/mol. The van der Waals surface area contributed by atoms with Crippen molar-refractivity contribution in [1.82, 2.24) is 10.3 Å². The van der Waals surface area contributed by atoms with Crippen LogP contribution in [-0.2, 0) is 6.42 Å². The number of hydrogen-bond donors (Lipinski definition) is 3. The average molecular weight is 489 g/mol. The Balaban J connectivity index is 1.63. The molecular formula is C27H25ClN4O3. The Labute approximate surface area is 207 Å². The number of aromatic nitrogens is 1.